The van der Waals surface area contributed by atoms with E-state index in [-0.39, 0.29) is 42.7 Å². The quantitative estimate of drug-likeness (QED) is 0.501. The predicted octanol–water partition coefficient (Wildman–Crippen LogP) is 0.851. The van der Waals surface area contributed by atoms with Crippen LogP contribution >= 0.6 is 0 Å². The number of ketones is 1. The lowest BCUT2D eigenvalue weighted by Gasteiger charge is -2.31. The smallest absolute Gasteiger partial charge is 0.308 e. The van der Waals surface area contributed by atoms with E-state index in [0.29, 0.717) is 0 Å². The molecule has 15 heavy (non-hydrogen) atoms. The van der Waals surface area contributed by atoms with Crippen LogP contribution in [0, 0.1) is 5.92 Å². The van der Waals surface area contributed by atoms with Gasteiger partial charge in [-0.1, -0.05) is 13.0 Å². The fourth-order valence-electron chi connectivity index (χ4n) is 2.02. The van der Waals surface area contributed by atoms with E-state index in [1.807, 2.05) is 6.92 Å². The zero-order chi connectivity index (χ0) is 11.0. The number of rotatable bonds is 2. The molecule has 82 valence electrons. The van der Waals surface area contributed by atoms with Crippen molar-refractivity contribution in [3.05, 3.63) is 12.7 Å². The fraction of sp³-hybridized carbons (Fsp3) is 0.636. The Morgan fingerprint density at radius 3 is 2.80 bits per heavy atom. The van der Waals surface area contributed by atoms with Crippen molar-refractivity contribution in [1.82, 2.24) is 0 Å². The highest BCUT2D eigenvalue weighted by atomic mass is 16.6. The van der Waals surface area contributed by atoms with E-state index in [0.717, 1.165) is 0 Å². The third-order valence-corrected chi connectivity index (χ3v) is 2.96. The molecule has 2 aliphatic heterocycles. The number of carbonyl (C=O) groups is 2. The van der Waals surface area contributed by atoms with Crippen LogP contribution in [0.15, 0.2) is 12.7 Å². The number of ether oxygens (including phenoxy) is 2. The molecule has 0 amide bonds. The molecule has 0 unspecified atom stereocenters. The van der Waals surface area contributed by atoms with Crippen LogP contribution in [0.3, 0.4) is 0 Å². The summed E-state index contributed by atoms with van der Waals surface area (Å²) in [5.74, 6) is -0.294. The van der Waals surface area contributed by atoms with Gasteiger partial charge in [0.25, 0.3) is 0 Å². The molecule has 4 nitrogen and oxygen atoms in total. The lowest BCUT2D eigenvalue weighted by molar-refractivity contribution is -0.158. The monoisotopic (exact) mass is 210 g/mol. The van der Waals surface area contributed by atoms with Crippen LogP contribution in [0.4, 0.5) is 0 Å². The van der Waals surface area contributed by atoms with Gasteiger partial charge in [-0.3, -0.25) is 9.59 Å². The van der Waals surface area contributed by atoms with E-state index < -0.39 is 6.10 Å². The summed E-state index contributed by atoms with van der Waals surface area (Å²) in [7, 11) is 0. The molecule has 0 saturated carbocycles. The van der Waals surface area contributed by atoms with Crippen LogP contribution < -0.4 is 0 Å². The van der Waals surface area contributed by atoms with Crippen LogP contribution in [0.2, 0.25) is 0 Å². The summed E-state index contributed by atoms with van der Waals surface area (Å²) in [5.41, 5.74) is 0. The topological polar surface area (TPSA) is 52.6 Å². The maximum absolute atomic E-state index is 11.7. The molecule has 0 spiro atoms. The highest BCUT2D eigenvalue weighted by Gasteiger charge is 2.45. The lowest BCUT2D eigenvalue weighted by atomic mass is 9.92. The van der Waals surface area contributed by atoms with Gasteiger partial charge in [-0.15, -0.1) is 6.58 Å². The SMILES string of the molecule is C=C[C@H](C)[C@@H]1O[C@@H]2CC(=O)O[C@@H]2CC1=O. The van der Waals surface area contributed by atoms with Gasteiger partial charge in [0.15, 0.2) is 5.78 Å². The van der Waals surface area contributed by atoms with Crippen molar-refractivity contribution in [2.45, 2.75) is 38.1 Å². The summed E-state index contributed by atoms with van der Waals surface area (Å²) >= 11 is 0. The molecule has 0 aromatic rings. The van der Waals surface area contributed by atoms with Crippen LogP contribution in [0.5, 0.6) is 0 Å². The summed E-state index contributed by atoms with van der Waals surface area (Å²) in [6.07, 6.45) is 1.16. The van der Waals surface area contributed by atoms with Gasteiger partial charge in [-0.25, -0.2) is 0 Å². The van der Waals surface area contributed by atoms with Gasteiger partial charge in [-0.2, -0.15) is 0 Å². The van der Waals surface area contributed by atoms with Crippen molar-refractivity contribution in [2.75, 3.05) is 0 Å². The van der Waals surface area contributed by atoms with Gasteiger partial charge < -0.3 is 9.47 Å². The van der Waals surface area contributed by atoms with E-state index in [9.17, 15) is 9.59 Å². The number of hydrogen-bond donors (Lipinski definition) is 0. The lowest BCUT2D eigenvalue weighted by Crippen LogP contribution is -2.45. The second-order valence-electron chi connectivity index (χ2n) is 4.09. The average molecular weight is 210 g/mol. The molecule has 0 N–H and O–H groups in total. The van der Waals surface area contributed by atoms with E-state index in [1.165, 1.54) is 0 Å². The highest BCUT2D eigenvalue weighted by Crippen LogP contribution is 2.30. The minimum Gasteiger partial charge on any atom is -0.459 e. The van der Waals surface area contributed by atoms with E-state index in [1.54, 1.807) is 6.08 Å². The molecule has 0 aromatic heterocycles. The minimum absolute atomic E-state index is 0.00153. The van der Waals surface area contributed by atoms with Gasteiger partial charge >= 0.3 is 5.97 Å². The first kappa shape index (κ1) is 10.4. The Morgan fingerprint density at radius 1 is 1.40 bits per heavy atom. The summed E-state index contributed by atoms with van der Waals surface area (Å²) in [4.78, 5) is 22.7. The third-order valence-electron chi connectivity index (χ3n) is 2.96. The average Bonchev–Trinajstić information content (AvgIpc) is 2.55. The molecule has 0 radical (unpaired) electrons. The Bertz CT molecular complexity index is 310. The van der Waals surface area contributed by atoms with Crippen molar-refractivity contribution < 1.29 is 19.1 Å². The van der Waals surface area contributed by atoms with Gasteiger partial charge in [0, 0.05) is 12.3 Å². The van der Waals surface area contributed by atoms with Crippen molar-refractivity contribution in [1.29, 1.82) is 0 Å². The molecule has 2 fully saturated rings. The van der Waals surface area contributed by atoms with Gasteiger partial charge in [-0.05, 0) is 0 Å². The predicted molar refractivity (Wildman–Crippen MR) is 52.1 cm³/mol. The van der Waals surface area contributed by atoms with Crippen molar-refractivity contribution in [3.8, 4) is 0 Å². The molecule has 2 heterocycles. The molecule has 0 bridgehead atoms. The summed E-state index contributed by atoms with van der Waals surface area (Å²) < 4.78 is 10.6. The number of fused-ring (bicyclic) bond motifs is 1. The molecule has 2 rings (SSSR count). The Morgan fingerprint density at radius 2 is 2.13 bits per heavy atom. The summed E-state index contributed by atoms with van der Waals surface area (Å²) in [6, 6.07) is 0. The zero-order valence-electron chi connectivity index (χ0n) is 8.64. The number of Topliss-reactive ketones (excluding diaryl/α,β-unsaturated/α-hetero) is 1. The highest BCUT2D eigenvalue weighted by molar-refractivity contribution is 5.86. The number of esters is 1. The zero-order valence-corrected chi connectivity index (χ0v) is 8.64. The molecule has 0 aromatic carbocycles. The second-order valence-corrected chi connectivity index (χ2v) is 4.09. The molecule has 2 aliphatic rings. The van der Waals surface area contributed by atoms with Crippen molar-refractivity contribution >= 4 is 11.8 Å². The molecular weight excluding hydrogens is 196 g/mol. The first-order valence-electron chi connectivity index (χ1n) is 5.12. The third kappa shape index (κ3) is 1.81. The largest absolute Gasteiger partial charge is 0.459 e. The molecule has 4 heteroatoms. The van der Waals surface area contributed by atoms with E-state index >= 15 is 0 Å². The molecular formula is C11H14O4. The summed E-state index contributed by atoms with van der Waals surface area (Å²) in [6.45, 7) is 5.52. The Balaban J connectivity index is 2.09. The van der Waals surface area contributed by atoms with Gasteiger partial charge in [0.05, 0.1) is 6.42 Å². The van der Waals surface area contributed by atoms with E-state index in [4.69, 9.17) is 9.47 Å². The van der Waals surface area contributed by atoms with Gasteiger partial charge in [0.2, 0.25) is 0 Å². The minimum atomic E-state index is -0.460. The van der Waals surface area contributed by atoms with Crippen LogP contribution in [0.25, 0.3) is 0 Å². The summed E-state index contributed by atoms with van der Waals surface area (Å²) in [5, 5.41) is 0. The fourth-order valence-corrected chi connectivity index (χ4v) is 2.02. The Labute approximate surface area is 88.2 Å². The van der Waals surface area contributed by atoms with E-state index in [2.05, 4.69) is 6.58 Å². The van der Waals surface area contributed by atoms with Crippen molar-refractivity contribution in [2.24, 2.45) is 5.92 Å². The normalized spacial score (nSPS) is 37.0. The second kappa shape index (κ2) is 3.77. The Kier molecular flexibility index (Phi) is 2.61. The molecule has 4 atom stereocenters. The number of hydrogen-bond acceptors (Lipinski definition) is 4. The van der Waals surface area contributed by atoms with Crippen LogP contribution in [0.1, 0.15) is 19.8 Å². The Hall–Kier alpha value is -1.16. The molecule has 0 aliphatic carbocycles. The maximum Gasteiger partial charge on any atom is 0.308 e. The van der Waals surface area contributed by atoms with Gasteiger partial charge in [0.1, 0.15) is 18.3 Å². The van der Waals surface area contributed by atoms with Crippen molar-refractivity contribution in [3.63, 3.8) is 0 Å². The molecule has 2 saturated heterocycles. The maximum atomic E-state index is 11.7. The van der Waals surface area contributed by atoms with Crippen LogP contribution in [-0.4, -0.2) is 30.1 Å². The standard InChI is InChI=1S/C11H14O4/c1-3-6(2)11-7(12)4-8-9(15-11)5-10(13)14-8/h3,6,8-9,11H,1,4-5H2,2H3/t6-,8+,9+,11-/m0/s1. The first-order chi connectivity index (χ1) is 7.11. The number of carbonyl (C=O) groups excluding carboxylic acids is 2. The van der Waals surface area contributed by atoms with Crippen LogP contribution in [-0.2, 0) is 19.1 Å². The first-order valence-corrected chi connectivity index (χ1v) is 5.12.